The molecule has 0 aromatic heterocycles. The van der Waals surface area contributed by atoms with Crippen LogP contribution in [0.15, 0.2) is 69.9 Å². The molecular weight excluding hydrogens is 254 g/mol. The van der Waals surface area contributed by atoms with Gasteiger partial charge in [-0.05, 0) is 24.1 Å². The molecule has 0 amide bonds. The number of nitrogens with zero attached hydrogens (tertiary/aromatic N) is 1. The molecule has 0 aliphatic heterocycles. The van der Waals surface area contributed by atoms with E-state index in [4.69, 9.17) is 0 Å². The lowest BCUT2D eigenvalue weighted by Crippen LogP contribution is -2.05. The Labute approximate surface area is 115 Å². The first-order valence-electron chi connectivity index (χ1n) is 6.54. The van der Waals surface area contributed by atoms with E-state index in [2.05, 4.69) is 16.5 Å². The third kappa shape index (κ3) is 3.67. The lowest BCUT2D eigenvalue weighted by molar-refractivity contribution is 0.675. The summed E-state index contributed by atoms with van der Waals surface area (Å²) in [6, 6.07) is 19.7. The van der Waals surface area contributed by atoms with Gasteiger partial charge in [0.2, 0.25) is 0 Å². The van der Waals surface area contributed by atoms with Gasteiger partial charge in [0.05, 0.1) is 16.3 Å². The Hall–Kier alpha value is -1.61. The van der Waals surface area contributed by atoms with Gasteiger partial charge in [-0.15, -0.1) is 0 Å². The Bertz CT molecular complexity index is 614. The summed E-state index contributed by atoms with van der Waals surface area (Å²) in [4.78, 5) is 0.838. The molecule has 2 nitrogen and oxygen atoms in total. The molecule has 0 aliphatic rings. The Balaban J connectivity index is 2.14. The predicted octanol–water partition coefficient (Wildman–Crippen LogP) is 3.78. The van der Waals surface area contributed by atoms with Crippen LogP contribution >= 0.6 is 0 Å². The van der Waals surface area contributed by atoms with Crippen LogP contribution < -0.4 is 0 Å². The quantitative estimate of drug-likeness (QED) is 0.815. The minimum Gasteiger partial charge on any atom is -0.245 e. The van der Waals surface area contributed by atoms with Gasteiger partial charge in [0.1, 0.15) is 0 Å². The fraction of sp³-hybridized carbons (Fsp3) is 0.250. The minimum atomic E-state index is -2.25. The zero-order valence-corrected chi connectivity index (χ0v) is 12.0. The molecule has 0 aliphatic carbocycles. The first kappa shape index (κ1) is 13.8. The summed E-state index contributed by atoms with van der Waals surface area (Å²) < 4.78 is 17.2. The van der Waals surface area contributed by atoms with Crippen LogP contribution in [0, 0.1) is 0 Å². The van der Waals surface area contributed by atoms with Crippen molar-refractivity contribution >= 4 is 9.73 Å². The molecule has 0 N–H and O–H groups in total. The average Bonchev–Trinajstić information content (AvgIpc) is 2.49. The van der Waals surface area contributed by atoms with Crippen molar-refractivity contribution in [1.82, 2.24) is 0 Å². The number of rotatable bonds is 5. The maximum Gasteiger partial charge on any atom is 0.0749 e. The predicted molar refractivity (Wildman–Crippen MR) is 80.8 cm³/mol. The first-order valence-corrected chi connectivity index (χ1v) is 8.22. The van der Waals surface area contributed by atoms with E-state index in [-0.39, 0.29) is 0 Å². The summed E-state index contributed by atoms with van der Waals surface area (Å²) in [7, 11) is -2.25. The highest BCUT2D eigenvalue weighted by Crippen LogP contribution is 2.13. The van der Waals surface area contributed by atoms with Crippen molar-refractivity contribution in [2.24, 2.45) is 4.36 Å². The fourth-order valence-corrected chi connectivity index (χ4v) is 3.57. The van der Waals surface area contributed by atoms with Gasteiger partial charge in [0, 0.05) is 10.6 Å². The SMILES string of the molecule is CCS(=O)(=NCCc1ccccc1)c1ccccc1. The standard InChI is InChI=1S/C16H19NOS/c1-2-19(18,16-11-7-4-8-12-16)17-14-13-15-9-5-3-6-10-15/h3-12H,2,13-14H2,1H3. The molecule has 19 heavy (non-hydrogen) atoms. The summed E-state index contributed by atoms with van der Waals surface area (Å²) in [6.45, 7) is 2.53. The van der Waals surface area contributed by atoms with E-state index in [1.807, 2.05) is 55.5 Å². The van der Waals surface area contributed by atoms with Crippen LogP contribution in [-0.4, -0.2) is 16.5 Å². The van der Waals surface area contributed by atoms with Gasteiger partial charge >= 0.3 is 0 Å². The second-order valence-electron chi connectivity index (χ2n) is 4.33. The van der Waals surface area contributed by atoms with Crippen LogP contribution in [0.2, 0.25) is 0 Å². The molecule has 3 heteroatoms. The largest absolute Gasteiger partial charge is 0.245 e. The molecular formula is C16H19NOS. The Morgan fingerprint density at radius 3 is 2.11 bits per heavy atom. The van der Waals surface area contributed by atoms with Gasteiger partial charge in [-0.1, -0.05) is 55.5 Å². The third-order valence-corrected chi connectivity index (χ3v) is 5.44. The normalized spacial score (nSPS) is 13.7. The third-order valence-electron chi connectivity index (χ3n) is 3.05. The Kier molecular flexibility index (Phi) is 4.74. The van der Waals surface area contributed by atoms with E-state index in [0.29, 0.717) is 12.3 Å². The van der Waals surface area contributed by atoms with Crippen LogP contribution in [-0.2, 0) is 16.1 Å². The summed E-state index contributed by atoms with van der Waals surface area (Å²) in [5, 5.41) is 0. The second-order valence-corrected chi connectivity index (χ2v) is 6.92. The molecule has 100 valence electrons. The molecule has 0 radical (unpaired) electrons. The fourth-order valence-electron chi connectivity index (χ4n) is 1.93. The molecule has 0 bridgehead atoms. The van der Waals surface area contributed by atoms with Gasteiger partial charge in [0.15, 0.2) is 0 Å². The number of benzene rings is 2. The minimum absolute atomic E-state index is 0.561. The number of hydrogen-bond acceptors (Lipinski definition) is 2. The van der Waals surface area contributed by atoms with Crippen LogP contribution in [0.5, 0.6) is 0 Å². The smallest absolute Gasteiger partial charge is 0.0749 e. The molecule has 2 aromatic rings. The van der Waals surface area contributed by atoms with Gasteiger partial charge in [-0.3, -0.25) is 0 Å². The lowest BCUT2D eigenvalue weighted by atomic mass is 10.2. The van der Waals surface area contributed by atoms with Crippen molar-refractivity contribution in [2.45, 2.75) is 18.2 Å². The monoisotopic (exact) mass is 273 g/mol. The van der Waals surface area contributed by atoms with E-state index in [1.165, 1.54) is 5.56 Å². The zero-order valence-electron chi connectivity index (χ0n) is 11.2. The van der Waals surface area contributed by atoms with E-state index >= 15 is 0 Å². The molecule has 0 saturated heterocycles. The first-order chi connectivity index (χ1) is 9.24. The second kappa shape index (κ2) is 6.53. The van der Waals surface area contributed by atoms with Crippen molar-refractivity contribution in [3.8, 4) is 0 Å². The van der Waals surface area contributed by atoms with Gasteiger partial charge in [-0.25, -0.2) is 8.57 Å². The van der Waals surface area contributed by atoms with E-state index in [9.17, 15) is 4.21 Å². The topological polar surface area (TPSA) is 29.4 Å². The Morgan fingerprint density at radius 2 is 1.53 bits per heavy atom. The van der Waals surface area contributed by atoms with E-state index < -0.39 is 9.73 Å². The van der Waals surface area contributed by atoms with Crippen LogP contribution in [0.3, 0.4) is 0 Å². The van der Waals surface area contributed by atoms with Crippen LogP contribution in [0.4, 0.5) is 0 Å². The van der Waals surface area contributed by atoms with Gasteiger partial charge < -0.3 is 0 Å². The van der Waals surface area contributed by atoms with Gasteiger partial charge in [-0.2, -0.15) is 0 Å². The van der Waals surface area contributed by atoms with E-state index in [1.54, 1.807) is 0 Å². The average molecular weight is 273 g/mol. The summed E-state index contributed by atoms with van der Waals surface area (Å²) in [5.74, 6) is 0.561. The summed E-state index contributed by atoms with van der Waals surface area (Å²) in [5.41, 5.74) is 1.23. The highest BCUT2D eigenvalue weighted by atomic mass is 32.2. The van der Waals surface area contributed by atoms with Crippen molar-refractivity contribution in [3.63, 3.8) is 0 Å². The van der Waals surface area contributed by atoms with E-state index in [0.717, 1.165) is 11.3 Å². The van der Waals surface area contributed by atoms with Crippen molar-refractivity contribution in [3.05, 3.63) is 66.2 Å². The molecule has 0 spiro atoms. The van der Waals surface area contributed by atoms with Gasteiger partial charge in [0.25, 0.3) is 0 Å². The Morgan fingerprint density at radius 1 is 0.947 bits per heavy atom. The highest BCUT2D eigenvalue weighted by Gasteiger charge is 2.08. The van der Waals surface area contributed by atoms with Crippen molar-refractivity contribution in [1.29, 1.82) is 0 Å². The summed E-state index contributed by atoms with van der Waals surface area (Å²) >= 11 is 0. The van der Waals surface area contributed by atoms with Crippen LogP contribution in [0.1, 0.15) is 12.5 Å². The zero-order chi connectivity index (χ0) is 13.6. The molecule has 0 saturated carbocycles. The number of hydrogen-bond donors (Lipinski definition) is 0. The van der Waals surface area contributed by atoms with Crippen molar-refractivity contribution in [2.75, 3.05) is 12.3 Å². The van der Waals surface area contributed by atoms with Crippen LogP contribution in [0.25, 0.3) is 0 Å². The maximum absolute atomic E-state index is 12.8. The molecule has 1 unspecified atom stereocenters. The lowest BCUT2D eigenvalue weighted by Gasteiger charge is -2.08. The maximum atomic E-state index is 12.8. The summed E-state index contributed by atoms with van der Waals surface area (Å²) in [6.07, 6.45) is 0.838. The molecule has 2 rings (SSSR count). The molecule has 0 fully saturated rings. The van der Waals surface area contributed by atoms with Crippen molar-refractivity contribution < 1.29 is 4.21 Å². The molecule has 0 heterocycles. The highest BCUT2D eigenvalue weighted by molar-refractivity contribution is 7.93. The molecule has 2 aromatic carbocycles. The molecule has 1 atom stereocenters.